The van der Waals surface area contributed by atoms with Gasteiger partial charge in [-0.15, -0.1) is 11.3 Å². The number of carboxylic acids is 1. The van der Waals surface area contributed by atoms with E-state index < -0.39 is 5.97 Å². The van der Waals surface area contributed by atoms with E-state index in [2.05, 4.69) is 26.2 Å². The van der Waals surface area contributed by atoms with Crippen LogP contribution in [0.15, 0.2) is 26.6 Å². The van der Waals surface area contributed by atoms with Gasteiger partial charge in [0.1, 0.15) is 6.26 Å². The summed E-state index contributed by atoms with van der Waals surface area (Å²) in [6.07, 6.45) is 1.95. The molecule has 90 valence electrons. The normalized spacial score (nSPS) is 10.4. The molecule has 0 saturated heterocycles. The Kier molecular flexibility index (Phi) is 3.80. The molecule has 0 unspecified atom stereocenters. The Morgan fingerprint density at radius 2 is 2.41 bits per heavy atom. The molecule has 0 aliphatic rings. The van der Waals surface area contributed by atoms with Gasteiger partial charge in [0.2, 0.25) is 0 Å². The van der Waals surface area contributed by atoms with E-state index in [0.717, 1.165) is 16.5 Å². The fourth-order valence-corrected chi connectivity index (χ4v) is 2.71. The van der Waals surface area contributed by atoms with Crippen molar-refractivity contribution in [1.82, 2.24) is 4.98 Å². The Hall–Kier alpha value is -1.34. The highest BCUT2D eigenvalue weighted by Crippen LogP contribution is 2.22. The SMILES string of the molecule is O=C(O)c1coc(NCCc2ccc(Br)s2)n1. The third kappa shape index (κ3) is 3.31. The molecule has 0 bridgehead atoms. The van der Waals surface area contributed by atoms with Crippen molar-refractivity contribution in [2.24, 2.45) is 0 Å². The Balaban J connectivity index is 1.83. The lowest BCUT2D eigenvalue weighted by Gasteiger charge is -1.98. The molecule has 5 nitrogen and oxygen atoms in total. The van der Waals surface area contributed by atoms with Crippen molar-refractivity contribution >= 4 is 39.3 Å². The lowest BCUT2D eigenvalue weighted by molar-refractivity contribution is 0.0690. The molecule has 0 aliphatic heterocycles. The number of carbonyl (C=O) groups is 1. The van der Waals surface area contributed by atoms with Crippen LogP contribution in [0.5, 0.6) is 0 Å². The molecule has 0 atom stereocenters. The second kappa shape index (κ2) is 5.33. The van der Waals surface area contributed by atoms with Crippen molar-refractivity contribution in [1.29, 1.82) is 0 Å². The first-order valence-corrected chi connectivity index (χ1v) is 6.43. The molecule has 0 spiro atoms. The van der Waals surface area contributed by atoms with E-state index in [1.54, 1.807) is 11.3 Å². The Bertz CT molecular complexity index is 523. The smallest absolute Gasteiger partial charge is 0.357 e. The number of nitrogens with one attached hydrogen (secondary N) is 1. The van der Waals surface area contributed by atoms with Gasteiger partial charge in [0, 0.05) is 11.4 Å². The molecule has 2 aromatic rings. The summed E-state index contributed by atoms with van der Waals surface area (Å²) in [4.78, 5) is 15.6. The van der Waals surface area contributed by atoms with E-state index in [4.69, 9.17) is 9.52 Å². The zero-order valence-corrected chi connectivity index (χ0v) is 11.0. The Morgan fingerprint density at radius 1 is 1.59 bits per heavy atom. The van der Waals surface area contributed by atoms with Crippen molar-refractivity contribution in [3.05, 3.63) is 32.8 Å². The molecule has 0 fully saturated rings. The predicted molar refractivity (Wildman–Crippen MR) is 67.7 cm³/mol. The van der Waals surface area contributed by atoms with Gasteiger partial charge < -0.3 is 14.8 Å². The highest BCUT2D eigenvalue weighted by Gasteiger charge is 2.09. The summed E-state index contributed by atoms with van der Waals surface area (Å²) in [5.41, 5.74) is -0.0913. The van der Waals surface area contributed by atoms with E-state index in [9.17, 15) is 4.79 Å². The molecule has 0 saturated carbocycles. The van der Waals surface area contributed by atoms with Crippen molar-refractivity contribution in [2.75, 3.05) is 11.9 Å². The van der Waals surface area contributed by atoms with Gasteiger partial charge in [-0.05, 0) is 34.5 Å². The van der Waals surface area contributed by atoms with Crippen LogP contribution in [0.1, 0.15) is 15.4 Å². The lowest BCUT2D eigenvalue weighted by Crippen LogP contribution is -2.04. The second-order valence-electron chi connectivity index (χ2n) is 3.23. The molecule has 2 aromatic heterocycles. The number of anilines is 1. The molecule has 0 amide bonds. The van der Waals surface area contributed by atoms with Crippen LogP contribution in [0, 0.1) is 0 Å². The van der Waals surface area contributed by atoms with Gasteiger partial charge >= 0.3 is 5.97 Å². The largest absolute Gasteiger partial charge is 0.476 e. The van der Waals surface area contributed by atoms with E-state index >= 15 is 0 Å². The predicted octanol–water partition coefficient (Wildman–Crippen LogP) is 2.85. The van der Waals surface area contributed by atoms with Crippen LogP contribution >= 0.6 is 27.3 Å². The number of aromatic nitrogens is 1. The van der Waals surface area contributed by atoms with Gasteiger partial charge in [-0.1, -0.05) is 0 Å². The van der Waals surface area contributed by atoms with E-state index in [0.29, 0.717) is 6.54 Å². The highest BCUT2D eigenvalue weighted by atomic mass is 79.9. The first-order valence-electron chi connectivity index (χ1n) is 4.82. The van der Waals surface area contributed by atoms with Gasteiger partial charge in [0.05, 0.1) is 3.79 Å². The van der Waals surface area contributed by atoms with Crippen LogP contribution in [0.2, 0.25) is 0 Å². The third-order valence-corrected chi connectivity index (χ3v) is 3.68. The summed E-state index contributed by atoms with van der Waals surface area (Å²) in [7, 11) is 0. The summed E-state index contributed by atoms with van der Waals surface area (Å²) >= 11 is 5.05. The molecule has 0 radical (unpaired) electrons. The molecule has 17 heavy (non-hydrogen) atoms. The fraction of sp³-hybridized carbons (Fsp3) is 0.200. The summed E-state index contributed by atoms with van der Waals surface area (Å²) in [5, 5.41) is 11.6. The molecular weight excluding hydrogens is 308 g/mol. The second-order valence-corrected chi connectivity index (χ2v) is 5.77. The van der Waals surface area contributed by atoms with E-state index in [1.807, 2.05) is 12.1 Å². The quantitative estimate of drug-likeness (QED) is 0.887. The number of hydrogen-bond acceptors (Lipinski definition) is 5. The van der Waals surface area contributed by atoms with Crippen molar-refractivity contribution in [2.45, 2.75) is 6.42 Å². The monoisotopic (exact) mass is 316 g/mol. The van der Waals surface area contributed by atoms with Crippen LogP contribution in [-0.2, 0) is 6.42 Å². The molecule has 0 aromatic carbocycles. The molecular formula is C10H9BrN2O3S. The summed E-state index contributed by atoms with van der Waals surface area (Å²) in [6.45, 7) is 0.645. The van der Waals surface area contributed by atoms with Gasteiger partial charge in [0.15, 0.2) is 5.69 Å². The average molecular weight is 317 g/mol. The van der Waals surface area contributed by atoms with Gasteiger partial charge in [0.25, 0.3) is 6.01 Å². The molecule has 2 heterocycles. The fourth-order valence-electron chi connectivity index (χ4n) is 1.23. The minimum absolute atomic E-state index is 0.0913. The topological polar surface area (TPSA) is 75.4 Å². The van der Waals surface area contributed by atoms with Crippen molar-refractivity contribution in [3.63, 3.8) is 0 Å². The van der Waals surface area contributed by atoms with Crippen LogP contribution in [0.4, 0.5) is 6.01 Å². The van der Waals surface area contributed by atoms with Crippen molar-refractivity contribution < 1.29 is 14.3 Å². The van der Waals surface area contributed by atoms with Crippen molar-refractivity contribution in [3.8, 4) is 0 Å². The minimum Gasteiger partial charge on any atom is -0.476 e. The summed E-state index contributed by atoms with van der Waals surface area (Å²) < 4.78 is 6.05. The summed E-state index contributed by atoms with van der Waals surface area (Å²) in [6, 6.07) is 4.26. The first kappa shape index (κ1) is 12.1. The van der Waals surface area contributed by atoms with E-state index in [-0.39, 0.29) is 11.7 Å². The minimum atomic E-state index is -1.09. The number of carboxylic acid groups (broad SMARTS) is 1. The van der Waals surface area contributed by atoms with Gasteiger partial charge in [-0.25, -0.2) is 4.79 Å². The number of aromatic carboxylic acids is 1. The average Bonchev–Trinajstić information content (AvgIpc) is 2.88. The lowest BCUT2D eigenvalue weighted by atomic mass is 10.3. The number of halogens is 1. The van der Waals surface area contributed by atoms with Gasteiger partial charge in [-0.2, -0.15) is 4.98 Å². The number of hydrogen-bond donors (Lipinski definition) is 2. The zero-order chi connectivity index (χ0) is 12.3. The summed E-state index contributed by atoms with van der Waals surface area (Å²) in [5.74, 6) is -1.09. The Labute approximate surface area is 110 Å². The van der Waals surface area contributed by atoms with Crippen LogP contribution in [0.3, 0.4) is 0 Å². The van der Waals surface area contributed by atoms with Crippen LogP contribution in [0.25, 0.3) is 0 Å². The van der Waals surface area contributed by atoms with Crippen LogP contribution < -0.4 is 5.32 Å². The van der Waals surface area contributed by atoms with Crippen LogP contribution in [-0.4, -0.2) is 22.6 Å². The van der Waals surface area contributed by atoms with Gasteiger partial charge in [-0.3, -0.25) is 0 Å². The number of oxazole rings is 1. The first-order chi connectivity index (χ1) is 8.15. The maximum atomic E-state index is 10.6. The molecule has 7 heteroatoms. The maximum Gasteiger partial charge on any atom is 0.357 e. The molecule has 2 rings (SSSR count). The number of rotatable bonds is 5. The standard InChI is InChI=1S/C10H9BrN2O3S/c11-8-2-1-6(17-8)3-4-12-10-13-7(5-16-10)9(14)15/h1-2,5H,3-4H2,(H,12,13)(H,14,15). The Morgan fingerprint density at radius 3 is 3.00 bits per heavy atom. The van der Waals surface area contributed by atoms with E-state index in [1.165, 1.54) is 4.88 Å². The third-order valence-electron chi connectivity index (χ3n) is 2.00. The molecule has 2 N–H and O–H groups in total. The maximum absolute atomic E-state index is 10.6. The number of thiophene rings is 1. The number of nitrogens with zero attached hydrogens (tertiary/aromatic N) is 1. The molecule has 0 aliphatic carbocycles. The highest BCUT2D eigenvalue weighted by molar-refractivity contribution is 9.11. The zero-order valence-electron chi connectivity index (χ0n) is 8.64.